The van der Waals surface area contributed by atoms with Crippen LogP contribution in [0.3, 0.4) is 0 Å². The Bertz CT molecular complexity index is 1200. The maximum Gasteiger partial charge on any atom is 0.433 e. The lowest BCUT2D eigenvalue weighted by Gasteiger charge is -2.04. The highest BCUT2D eigenvalue weighted by atomic mass is 32.1. The Morgan fingerprint density at radius 1 is 1.21 bits per heavy atom. The molecule has 29 heavy (non-hydrogen) atoms. The second-order valence-electron chi connectivity index (χ2n) is 6.51. The number of rotatable bonds is 5. The van der Waals surface area contributed by atoms with Crippen LogP contribution in [-0.2, 0) is 12.6 Å². The number of hydrogen-bond donors (Lipinski definition) is 1. The van der Waals surface area contributed by atoms with E-state index in [-0.39, 0.29) is 10.7 Å². The lowest BCUT2D eigenvalue weighted by Crippen LogP contribution is -2.24. The van der Waals surface area contributed by atoms with E-state index >= 15 is 0 Å². The minimum Gasteiger partial charge on any atom is -0.351 e. The van der Waals surface area contributed by atoms with Crippen LogP contribution in [-0.4, -0.2) is 32.0 Å². The average molecular weight is 419 g/mol. The molecule has 0 aliphatic heterocycles. The minimum atomic E-state index is -4.51. The number of nitrogens with zero attached hydrogens (tertiary/aromatic N) is 4. The minimum absolute atomic E-state index is 0.206. The van der Waals surface area contributed by atoms with Gasteiger partial charge in [-0.1, -0.05) is 6.07 Å². The van der Waals surface area contributed by atoms with Gasteiger partial charge in [-0.25, -0.2) is 4.98 Å². The number of carbonyl (C=O) groups is 1. The zero-order valence-electron chi connectivity index (χ0n) is 15.3. The zero-order valence-corrected chi connectivity index (χ0v) is 16.1. The summed E-state index contributed by atoms with van der Waals surface area (Å²) in [6, 6.07) is 7.94. The predicted molar refractivity (Wildman–Crippen MR) is 103 cm³/mol. The topological polar surface area (TPSA) is 72.2 Å². The number of alkyl halides is 3. The number of nitrogens with one attached hydrogen (secondary N) is 1. The van der Waals surface area contributed by atoms with E-state index in [1.54, 1.807) is 6.92 Å². The normalized spacial score (nSPS) is 12.0. The molecule has 4 heterocycles. The molecule has 4 rings (SSSR count). The first kappa shape index (κ1) is 19.3. The molecule has 0 aliphatic carbocycles. The van der Waals surface area contributed by atoms with Gasteiger partial charge in [-0.15, -0.1) is 21.5 Å². The summed E-state index contributed by atoms with van der Waals surface area (Å²) >= 11 is 0.970. The number of thiophene rings is 1. The maximum atomic E-state index is 12.9. The average Bonchev–Trinajstić information content (AvgIpc) is 3.25. The van der Waals surface area contributed by atoms with Crippen molar-refractivity contribution < 1.29 is 18.0 Å². The van der Waals surface area contributed by atoms with Crippen molar-refractivity contribution in [3.63, 3.8) is 0 Å². The lowest BCUT2D eigenvalue weighted by molar-refractivity contribution is -0.140. The summed E-state index contributed by atoms with van der Waals surface area (Å²) in [5.41, 5.74) is 0.434. The molecular weight excluding hydrogens is 403 g/mol. The molecule has 0 saturated carbocycles. The Morgan fingerprint density at radius 2 is 2.03 bits per heavy atom. The van der Waals surface area contributed by atoms with Crippen LogP contribution < -0.4 is 5.32 Å². The van der Waals surface area contributed by atoms with E-state index in [9.17, 15) is 18.0 Å². The number of carbonyl (C=O) groups excluding carboxylic acids is 1. The lowest BCUT2D eigenvalue weighted by atomic mass is 10.1. The van der Waals surface area contributed by atoms with E-state index in [4.69, 9.17) is 0 Å². The van der Waals surface area contributed by atoms with Crippen LogP contribution >= 0.6 is 11.3 Å². The van der Waals surface area contributed by atoms with Gasteiger partial charge in [0, 0.05) is 24.5 Å². The van der Waals surface area contributed by atoms with Gasteiger partial charge in [-0.05, 0) is 43.2 Å². The second kappa shape index (κ2) is 7.43. The van der Waals surface area contributed by atoms with E-state index in [1.165, 1.54) is 6.07 Å². The molecule has 0 spiro atoms. The van der Waals surface area contributed by atoms with E-state index in [2.05, 4.69) is 20.5 Å². The van der Waals surface area contributed by atoms with Crippen molar-refractivity contribution >= 4 is 33.1 Å². The van der Waals surface area contributed by atoms with Crippen molar-refractivity contribution in [2.45, 2.75) is 25.9 Å². The van der Waals surface area contributed by atoms with Crippen LogP contribution in [0.15, 0.2) is 36.5 Å². The molecule has 6 nitrogen and oxygen atoms in total. The van der Waals surface area contributed by atoms with Crippen LogP contribution in [0, 0.1) is 6.92 Å². The molecule has 0 saturated heterocycles. The molecule has 150 valence electrons. The van der Waals surface area contributed by atoms with Crippen molar-refractivity contribution in [1.29, 1.82) is 0 Å². The molecule has 0 radical (unpaired) electrons. The molecule has 0 atom stereocenters. The van der Waals surface area contributed by atoms with Gasteiger partial charge < -0.3 is 5.32 Å². The first-order valence-electron chi connectivity index (χ1n) is 8.89. The number of fused-ring (bicyclic) bond motifs is 2. The molecule has 1 amide bonds. The van der Waals surface area contributed by atoms with Crippen molar-refractivity contribution in [3.05, 3.63) is 58.5 Å². The Hall–Kier alpha value is -3.01. The van der Waals surface area contributed by atoms with Gasteiger partial charge in [0.2, 0.25) is 0 Å². The number of aromatic nitrogens is 4. The highest BCUT2D eigenvalue weighted by molar-refractivity contribution is 7.20. The molecule has 0 aliphatic rings. The van der Waals surface area contributed by atoms with E-state index in [0.29, 0.717) is 35.2 Å². The number of amides is 1. The Labute approximate surface area is 167 Å². The van der Waals surface area contributed by atoms with E-state index < -0.39 is 11.9 Å². The van der Waals surface area contributed by atoms with Crippen LogP contribution in [0.5, 0.6) is 0 Å². The predicted octanol–water partition coefficient (Wildman–Crippen LogP) is 4.03. The van der Waals surface area contributed by atoms with Gasteiger partial charge >= 0.3 is 6.18 Å². The fraction of sp³-hybridized carbons (Fsp3) is 0.263. The Morgan fingerprint density at radius 3 is 2.83 bits per heavy atom. The van der Waals surface area contributed by atoms with Crippen LogP contribution in [0.4, 0.5) is 13.2 Å². The third-order valence-electron chi connectivity index (χ3n) is 4.55. The summed E-state index contributed by atoms with van der Waals surface area (Å²) in [6.45, 7) is 2.13. The number of aryl methyl sites for hydroxylation is 2. The van der Waals surface area contributed by atoms with Crippen molar-refractivity contribution in [3.8, 4) is 0 Å². The van der Waals surface area contributed by atoms with Gasteiger partial charge in [0.25, 0.3) is 5.91 Å². The molecule has 4 aromatic heterocycles. The van der Waals surface area contributed by atoms with Crippen LogP contribution in [0.2, 0.25) is 0 Å². The number of hydrogen-bond acceptors (Lipinski definition) is 5. The standard InChI is InChI=1S/C19H16F3N5OS/c1-11-12-7-8-13(19(20,21)22)24-18(12)29-16(11)17(28)23-9-4-6-15-26-25-14-5-2-3-10-27(14)15/h2-3,5,7-8,10H,4,6,9H2,1H3,(H,23,28). The van der Waals surface area contributed by atoms with Crippen molar-refractivity contribution in [2.24, 2.45) is 0 Å². The smallest absolute Gasteiger partial charge is 0.351 e. The summed E-state index contributed by atoms with van der Waals surface area (Å²) in [6.07, 6.45) is -1.35. The van der Waals surface area contributed by atoms with Crippen LogP contribution in [0.25, 0.3) is 15.9 Å². The van der Waals surface area contributed by atoms with E-state index in [0.717, 1.165) is 28.9 Å². The quantitative estimate of drug-likeness (QED) is 0.496. The van der Waals surface area contributed by atoms with Gasteiger partial charge in [0.1, 0.15) is 16.3 Å². The van der Waals surface area contributed by atoms with E-state index in [1.807, 2.05) is 28.8 Å². The summed E-state index contributed by atoms with van der Waals surface area (Å²) in [5.74, 6) is 0.488. The first-order valence-corrected chi connectivity index (χ1v) is 9.70. The monoisotopic (exact) mass is 419 g/mol. The third-order valence-corrected chi connectivity index (χ3v) is 5.75. The fourth-order valence-electron chi connectivity index (χ4n) is 3.06. The number of pyridine rings is 2. The third kappa shape index (κ3) is 3.80. The molecule has 0 aromatic carbocycles. The first-order chi connectivity index (χ1) is 13.8. The maximum absolute atomic E-state index is 12.9. The van der Waals surface area contributed by atoms with Gasteiger partial charge in [-0.2, -0.15) is 13.2 Å². The highest BCUT2D eigenvalue weighted by Crippen LogP contribution is 2.34. The Balaban J connectivity index is 1.41. The van der Waals surface area contributed by atoms with Gasteiger partial charge in [0.15, 0.2) is 5.65 Å². The molecule has 1 N–H and O–H groups in total. The Kier molecular flexibility index (Phi) is 4.95. The summed E-state index contributed by atoms with van der Waals surface area (Å²) in [7, 11) is 0. The molecule has 0 unspecified atom stereocenters. The van der Waals surface area contributed by atoms with Gasteiger partial charge in [-0.3, -0.25) is 9.20 Å². The number of halogens is 3. The molecule has 4 aromatic rings. The second-order valence-corrected chi connectivity index (χ2v) is 7.51. The molecule has 0 bridgehead atoms. The summed E-state index contributed by atoms with van der Waals surface area (Å²) in [5, 5.41) is 11.6. The van der Waals surface area contributed by atoms with Gasteiger partial charge in [0.05, 0.1) is 4.88 Å². The summed E-state index contributed by atoms with van der Waals surface area (Å²) < 4.78 is 40.4. The molecule has 0 fully saturated rings. The SMILES string of the molecule is Cc1c(C(=O)NCCCc2nnc3ccccn23)sc2nc(C(F)(F)F)ccc12. The largest absolute Gasteiger partial charge is 0.433 e. The zero-order chi connectivity index (χ0) is 20.6. The molecule has 10 heteroatoms. The van der Waals surface area contributed by atoms with Crippen molar-refractivity contribution in [2.75, 3.05) is 6.54 Å². The van der Waals surface area contributed by atoms with Crippen LogP contribution in [0.1, 0.15) is 33.2 Å². The van der Waals surface area contributed by atoms with Crippen molar-refractivity contribution in [1.82, 2.24) is 24.9 Å². The highest BCUT2D eigenvalue weighted by Gasteiger charge is 2.33. The summed E-state index contributed by atoms with van der Waals surface area (Å²) in [4.78, 5) is 16.8. The fourth-order valence-corrected chi connectivity index (χ4v) is 4.16. The molecular formula is C19H16F3N5OS.